The minimum Gasteiger partial charge on any atom is -0.454 e. The molecule has 0 unspecified atom stereocenters. The Morgan fingerprint density at radius 2 is 1.86 bits per heavy atom. The molecule has 1 amide bonds. The van der Waals surface area contributed by atoms with Crippen molar-refractivity contribution in [3.05, 3.63) is 77.6 Å². The zero-order valence-corrected chi connectivity index (χ0v) is 20.0. The first kappa shape index (κ1) is 23.3. The maximum Gasteiger partial charge on any atom is 0.258 e. The Labute approximate surface area is 203 Å². The molecule has 0 atom stereocenters. The van der Waals surface area contributed by atoms with Gasteiger partial charge >= 0.3 is 0 Å². The Morgan fingerprint density at radius 3 is 2.63 bits per heavy atom. The number of morpholine rings is 1. The molecule has 35 heavy (non-hydrogen) atoms. The maximum atomic E-state index is 13.8. The molecule has 182 valence electrons. The first-order valence-corrected chi connectivity index (χ1v) is 12.7. The normalized spacial score (nSPS) is 15.7. The van der Waals surface area contributed by atoms with Gasteiger partial charge in [0.25, 0.3) is 5.91 Å². The highest BCUT2D eigenvalue weighted by molar-refractivity contribution is 7.89. The minimum absolute atomic E-state index is 0.121. The number of carbonyl (C=O) groups excluding carboxylic acids is 1. The number of carbonyl (C=O) groups is 1. The van der Waals surface area contributed by atoms with Crippen LogP contribution in [0.15, 0.2) is 65.8 Å². The van der Waals surface area contributed by atoms with Crippen molar-refractivity contribution in [2.24, 2.45) is 0 Å². The van der Waals surface area contributed by atoms with Gasteiger partial charge in [0.15, 0.2) is 11.5 Å². The van der Waals surface area contributed by atoms with E-state index in [2.05, 4.69) is 4.98 Å². The summed E-state index contributed by atoms with van der Waals surface area (Å²) < 4.78 is 44.3. The van der Waals surface area contributed by atoms with Crippen molar-refractivity contribution < 1.29 is 27.4 Å². The van der Waals surface area contributed by atoms with Gasteiger partial charge in [-0.15, -0.1) is 0 Å². The molecule has 2 aromatic carbocycles. The van der Waals surface area contributed by atoms with Gasteiger partial charge in [0.05, 0.1) is 24.7 Å². The lowest BCUT2D eigenvalue weighted by molar-refractivity contribution is 0.0730. The van der Waals surface area contributed by atoms with Crippen LogP contribution in [0, 0.1) is 6.92 Å². The topological polar surface area (TPSA) is 98.3 Å². The fourth-order valence-electron chi connectivity index (χ4n) is 4.10. The maximum absolute atomic E-state index is 13.8. The Hall–Kier alpha value is -3.47. The number of benzene rings is 2. The van der Waals surface area contributed by atoms with Gasteiger partial charge in [0, 0.05) is 42.8 Å². The monoisotopic (exact) mass is 495 g/mol. The van der Waals surface area contributed by atoms with Gasteiger partial charge in [-0.05, 0) is 48.4 Å². The fourth-order valence-corrected chi connectivity index (χ4v) is 5.76. The number of hydrogen-bond donors (Lipinski definition) is 0. The Bertz CT molecular complexity index is 1340. The van der Waals surface area contributed by atoms with E-state index >= 15 is 0 Å². The van der Waals surface area contributed by atoms with Crippen molar-refractivity contribution in [1.29, 1.82) is 0 Å². The molecule has 1 saturated heterocycles. The van der Waals surface area contributed by atoms with Crippen LogP contribution in [0.1, 0.15) is 21.5 Å². The van der Waals surface area contributed by atoms with Crippen molar-refractivity contribution in [1.82, 2.24) is 9.29 Å². The molecule has 10 heteroatoms. The number of nitrogens with zero attached hydrogens (tertiary/aromatic N) is 3. The number of sulfonamides is 1. The smallest absolute Gasteiger partial charge is 0.258 e. The number of aryl methyl sites for hydroxylation is 1. The van der Waals surface area contributed by atoms with Crippen LogP contribution in [0.4, 0.5) is 5.69 Å². The van der Waals surface area contributed by atoms with Crippen molar-refractivity contribution in [3.63, 3.8) is 0 Å². The second kappa shape index (κ2) is 9.65. The van der Waals surface area contributed by atoms with E-state index in [1.54, 1.807) is 60.6 Å². The predicted molar refractivity (Wildman–Crippen MR) is 128 cm³/mol. The zero-order valence-electron chi connectivity index (χ0n) is 19.2. The van der Waals surface area contributed by atoms with Crippen molar-refractivity contribution >= 4 is 21.6 Å². The number of pyridine rings is 1. The molecule has 3 aromatic rings. The Kier molecular flexibility index (Phi) is 6.42. The van der Waals surface area contributed by atoms with Gasteiger partial charge in [-0.2, -0.15) is 4.31 Å². The third-order valence-corrected chi connectivity index (χ3v) is 8.04. The number of rotatable bonds is 6. The summed E-state index contributed by atoms with van der Waals surface area (Å²) in [6, 6.07) is 13.7. The van der Waals surface area contributed by atoms with Crippen LogP contribution >= 0.6 is 0 Å². The first-order valence-electron chi connectivity index (χ1n) is 11.2. The molecule has 9 nitrogen and oxygen atoms in total. The van der Waals surface area contributed by atoms with Crippen LogP contribution in [0.25, 0.3) is 0 Å². The molecule has 2 aliphatic rings. The molecule has 0 saturated carbocycles. The number of ether oxygens (including phenoxy) is 3. The summed E-state index contributed by atoms with van der Waals surface area (Å²) >= 11 is 0. The van der Waals surface area contributed by atoms with Gasteiger partial charge in [-0.25, -0.2) is 8.42 Å². The molecule has 0 N–H and O–H groups in total. The van der Waals surface area contributed by atoms with Gasteiger partial charge in [-0.3, -0.25) is 9.78 Å². The molecule has 0 bridgehead atoms. The van der Waals surface area contributed by atoms with E-state index in [0.717, 1.165) is 5.56 Å². The summed E-state index contributed by atoms with van der Waals surface area (Å²) in [5, 5.41) is 0. The van der Waals surface area contributed by atoms with Crippen LogP contribution in [-0.4, -0.2) is 56.7 Å². The standard InChI is InChI=1S/C25H25N3O6S/c1-18-4-5-20(13-24(18)35(30,31)27-9-11-32-12-10-27)25(29)28(16-19-3-2-8-26-15-19)21-6-7-22-23(14-21)34-17-33-22/h2-8,13-15H,9-12,16-17H2,1H3. The SMILES string of the molecule is Cc1ccc(C(=O)N(Cc2cccnc2)c2ccc3c(c2)OCO3)cc1S(=O)(=O)N1CCOCC1. The van der Waals surface area contributed by atoms with E-state index in [-0.39, 0.29) is 42.8 Å². The average molecular weight is 496 g/mol. The average Bonchev–Trinajstić information content (AvgIpc) is 3.36. The summed E-state index contributed by atoms with van der Waals surface area (Å²) in [4.78, 5) is 19.7. The van der Waals surface area contributed by atoms with Crippen molar-refractivity contribution in [3.8, 4) is 11.5 Å². The number of amides is 1. The molecule has 0 spiro atoms. The largest absolute Gasteiger partial charge is 0.454 e. The lowest BCUT2D eigenvalue weighted by Crippen LogP contribution is -2.41. The summed E-state index contributed by atoms with van der Waals surface area (Å²) in [6.45, 7) is 3.35. The van der Waals surface area contributed by atoms with E-state index in [0.29, 0.717) is 36.0 Å². The fraction of sp³-hybridized carbons (Fsp3) is 0.280. The lowest BCUT2D eigenvalue weighted by atomic mass is 10.1. The molecule has 0 aliphatic carbocycles. The van der Waals surface area contributed by atoms with Crippen LogP contribution in [0.3, 0.4) is 0 Å². The lowest BCUT2D eigenvalue weighted by Gasteiger charge is -2.27. The summed E-state index contributed by atoms with van der Waals surface area (Å²) in [5.74, 6) is 0.814. The van der Waals surface area contributed by atoms with Crippen LogP contribution in [0.5, 0.6) is 11.5 Å². The first-order chi connectivity index (χ1) is 16.9. The van der Waals surface area contributed by atoms with E-state index in [1.165, 1.54) is 10.4 Å². The van der Waals surface area contributed by atoms with Gasteiger partial charge in [0.2, 0.25) is 16.8 Å². The zero-order chi connectivity index (χ0) is 24.4. The van der Waals surface area contributed by atoms with Gasteiger partial charge in [0.1, 0.15) is 0 Å². The Morgan fingerprint density at radius 1 is 1.06 bits per heavy atom. The molecule has 0 radical (unpaired) electrons. The van der Waals surface area contributed by atoms with Crippen molar-refractivity contribution in [2.45, 2.75) is 18.4 Å². The summed E-state index contributed by atoms with van der Waals surface area (Å²) in [5.41, 5.74) is 2.27. The minimum atomic E-state index is -3.77. The molecule has 2 aliphatic heterocycles. The number of aromatic nitrogens is 1. The van der Waals surface area contributed by atoms with Crippen molar-refractivity contribution in [2.75, 3.05) is 38.0 Å². The predicted octanol–water partition coefficient (Wildman–Crippen LogP) is 2.99. The number of hydrogen-bond acceptors (Lipinski definition) is 7. The third kappa shape index (κ3) is 4.72. The number of anilines is 1. The molecule has 5 rings (SSSR count). The molecular weight excluding hydrogens is 470 g/mol. The summed E-state index contributed by atoms with van der Waals surface area (Å²) in [7, 11) is -3.77. The molecular formula is C25H25N3O6S. The highest BCUT2D eigenvalue weighted by Gasteiger charge is 2.29. The van der Waals surface area contributed by atoms with E-state index in [9.17, 15) is 13.2 Å². The third-order valence-electron chi connectivity index (χ3n) is 6.00. The highest BCUT2D eigenvalue weighted by Crippen LogP contribution is 2.36. The van der Waals surface area contributed by atoms with E-state index < -0.39 is 10.0 Å². The summed E-state index contributed by atoms with van der Waals surface area (Å²) in [6.07, 6.45) is 3.36. The molecule has 3 heterocycles. The number of fused-ring (bicyclic) bond motifs is 1. The van der Waals surface area contributed by atoms with Crippen LogP contribution in [0.2, 0.25) is 0 Å². The quantitative estimate of drug-likeness (QED) is 0.519. The van der Waals surface area contributed by atoms with E-state index in [4.69, 9.17) is 14.2 Å². The molecule has 1 fully saturated rings. The second-order valence-corrected chi connectivity index (χ2v) is 10.2. The van der Waals surface area contributed by atoms with Gasteiger partial charge in [-0.1, -0.05) is 12.1 Å². The molecule has 1 aromatic heterocycles. The van der Waals surface area contributed by atoms with E-state index in [1.807, 2.05) is 6.07 Å². The Balaban J connectivity index is 1.52. The highest BCUT2D eigenvalue weighted by atomic mass is 32.2. The van der Waals surface area contributed by atoms with Crippen LogP contribution in [-0.2, 0) is 21.3 Å². The van der Waals surface area contributed by atoms with Gasteiger partial charge < -0.3 is 19.1 Å². The van der Waals surface area contributed by atoms with Crippen LogP contribution < -0.4 is 14.4 Å². The second-order valence-electron chi connectivity index (χ2n) is 8.29.